The third-order valence-electron chi connectivity index (χ3n) is 5.08. The van der Waals surface area contributed by atoms with Gasteiger partial charge in [-0.15, -0.1) is 0 Å². The summed E-state index contributed by atoms with van der Waals surface area (Å²) in [6.07, 6.45) is 2.00. The average Bonchev–Trinajstić information content (AvgIpc) is 3.12. The first-order valence-electron chi connectivity index (χ1n) is 8.93. The molecule has 3 rings (SSSR count). The Kier molecular flexibility index (Phi) is 5.67. The van der Waals surface area contributed by atoms with Gasteiger partial charge in [0.15, 0.2) is 11.6 Å². The van der Waals surface area contributed by atoms with Crippen molar-refractivity contribution in [2.45, 2.75) is 31.3 Å². The molecule has 0 radical (unpaired) electrons. The molecule has 5 heteroatoms. The van der Waals surface area contributed by atoms with Crippen molar-refractivity contribution in [2.24, 2.45) is 0 Å². The molecule has 0 spiro atoms. The maximum atomic E-state index is 13.6. The van der Waals surface area contributed by atoms with E-state index in [0.29, 0.717) is 18.5 Å². The van der Waals surface area contributed by atoms with Gasteiger partial charge in [0.1, 0.15) is 0 Å². The molecule has 3 nitrogen and oxygen atoms in total. The third-order valence-corrected chi connectivity index (χ3v) is 5.08. The van der Waals surface area contributed by atoms with Crippen LogP contribution in [0.1, 0.15) is 42.5 Å². The van der Waals surface area contributed by atoms with Crippen LogP contribution < -0.4 is 0 Å². The quantitative estimate of drug-likeness (QED) is 0.795. The fourth-order valence-electron chi connectivity index (χ4n) is 3.69. The summed E-state index contributed by atoms with van der Waals surface area (Å²) in [5, 5.41) is 0. The van der Waals surface area contributed by atoms with Crippen LogP contribution in [0.5, 0.6) is 0 Å². The number of likely N-dealkylation sites (tertiary alicyclic amines) is 1. The molecule has 1 aliphatic heterocycles. The highest BCUT2D eigenvalue weighted by molar-refractivity contribution is 5.78. The Balaban J connectivity index is 1.78. The van der Waals surface area contributed by atoms with Crippen LogP contribution >= 0.6 is 0 Å². The predicted molar refractivity (Wildman–Crippen MR) is 97.5 cm³/mol. The van der Waals surface area contributed by atoms with Crippen LogP contribution in [0.4, 0.5) is 8.78 Å². The number of rotatable bonds is 5. The van der Waals surface area contributed by atoms with Crippen LogP contribution in [-0.2, 0) is 4.79 Å². The third kappa shape index (κ3) is 3.93. The zero-order valence-corrected chi connectivity index (χ0v) is 15.2. The second-order valence-electron chi connectivity index (χ2n) is 7.01. The molecule has 138 valence electrons. The topological polar surface area (TPSA) is 23.6 Å². The lowest BCUT2D eigenvalue weighted by atomic mass is 10.0. The fourth-order valence-corrected chi connectivity index (χ4v) is 3.69. The standard InChI is InChI=1S/C21H24F2N2O/c1-24(2)20(15-7-4-3-5-8-15)14-21(26)25-12-6-9-19(25)16-10-11-17(22)18(23)13-16/h3-5,7-8,10-11,13,19-20H,6,9,12,14H2,1-2H3. The Labute approximate surface area is 153 Å². The van der Waals surface area contributed by atoms with Gasteiger partial charge in [0.25, 0.3) is 0 Å². The molecular formula is C21H24F2N2O. The number of halogens is 2. The monoisotopic (exact) mass is 358 g/mol. The van der Waals surface area contributed by atoms with Crippen molar-refractivity contribution in [1.82, 2.24) is 9.80 Å². The molecule has 2 unspecified atom stereocenters. The van der Waals surface area contributed by atoms with E-state index < -0.39 is 11.6 Å². The van der Waals surface area contributed by atoms with E-state index in [-0.39, 0.29) is 18.0 Å². The van der Waals surface area contributed by atoms with Gasteiger partial charge in [-0.05, 0) is 50.2 Å². The number of nitrogens with zero attached hydrogens (tertiary/aromatic N) is 2. The van der Waals surface area contributed by atoms with E-state index in [2.05, 4.69) is 0 Å². The van der Waals surface area contributed by atoms with Crippen molar-refractivity contribution in [3.05, 3.63) is 71.3 Å². The first-order chi connectivity index (χ1) is 12.5. The first-order valence-corrected chi connectivity index (χ1v) is 8.93. The number of benzene rings is 2. The highest BCUT2D eigenvalue weighted by Gasteiger charge is 2.32. The van der Waals surface area contributed by atoms with Crippen LogP contribution in [-0.4, -0.2) is 36.3 Å². The summed E-state index contributed by atoms with van der Waals surface area (Å²) >= 11 is 0. The van der Waals surface area contributed by atoms with Crippen molar-refractivity contribution in [1.29, 1.82) is 0 Å². The summed E-state index contributed by atoms with van der Waals surface area (Å²) in [5.74, 6) is -1.68. The molecule has 26 heavy (non-hydrogen) atoms. The SMILES string of the molecule is CN(C)C(CC(=O)N1CCCC1c1ccc(F)c(F)c1)c1ccccc1. The van der Waals surface area contributed by atoms with Crippen LogP contribution in [0, 0.1) is 11.6 Å². The van der Waals surface area contributed by atoms with E-state index in [9.17, 15) is 13.6 Å². The highest BCUT2D eigenvalue weighted by atomic mass is 19.2. The largest absolute Gasteiger partial charge is 0.336 e. The molecule has 0 N–H and O–H groups in total. The van der Waals surface area contributed by atoms with Gasteiger partial charge in [0.2, 0.25) is 5.91 Å². The summed E-state index contributed by atoms with van der Waals surface area (Å²) in [6.45, 7) is 0.650. The molecule has 0 saturated carbocycles. The van der Waals surface area contributed by atoms with E-state index in [4.69, 9.17) is 0 Å². The number of hydrogen-bond acceptors (Lipinski definition) is 2. The van der Waals surface area contributed by atoms with Gasteiger partial charge in [-0.1, -0.05) is 36.4 Å². The molecule has 2 aromatic rings. The maximum Gasteiger partial charge on any atom is 0.225 e. The summed E-state index contributed by atoms with van der Waals surface area (Å²) in [5.41, 5.74) is 1.75. The number of hydrogen-bond donors (Lipinski definition) is 0. The zero-order chi connectivity index (χ0) is 18.7. The Hall–Kier alpha value is -2.27. The van der Waals surface area contributed by atoms with Gasteiger partial charge in [0, 0.05) is 19.0 Å². The summed E-state index contributed by atoms with van der Waals surface area (Å²) in [4.78, 5) is 16.8. The van der Waals surface area contributed by atoms with Gasteiger partial charge < -0.3 is 9.80 Å². The van der Waals surface area contributed by atoms with Crippen molar-refractivity contribution < 1.29 is 13.6 Å². The Morgan fingerprint density at radius 3 is 2.54 bits per heavy atom. The molecule has 0 aliphatic carbocycles. The minimum Gasteiger partial charge on any atom is -0.336 e. The Bertz CT molecular complexity index is 764. The highest BCUT2D eigenvalue weighted by Crippen LogP contribution is 2.34. The van der Waals surface area contributed by atoms with Gasteiger partial charge in [0.05, 0.1) is 6.04 Å². The van der Waals surface area contributed by atoms with Gasteiger partial charge in [-0.2, -0.15) is 0 Å². The molecular weight excluding hydrogens is 334 g/mol. The van der Waals surface area contributed by atoms with E-state index >= 15 is 0 Å². The van der Waals surface area contributed by atoms with Crippen LogP contribution in [0.3, 0.4) is 0 Å². The van der Waals surface area contributed by atoms with E-state index in [1.165, 1.54) is 6.07 Å². The molecule has 0 bridgehead atoms. The summed E-state index contributed by atoms with van der Waals surface area (Å²) < 4.78 is 26.8. The molecule has 1 amide bonds. The van der Waals surface area contributed by atoms with E-state index in [0.717, 1.165) is 24.5 Å². The summed E-state index contributed by atoms with van der Waals surface area (Å²) in [6, 6.07) is 13.7. The lowest BCUT2D eigenvalue weighted by Crippen LogP contribution is -2.34. The Morgan fingerprint density at radius 1 is 1.15 bits per heavy atom. The minimum atomic E-state index is -0.864. The van der Waals surface area contributed by atoms with Gasteiger partial charge >= 0.3 is 0 Å². The predicted octanol–water partition coefficient (Wildman–Crippen LogP) is 4.32. The minimum absolute atomic E-state index is 0.0186. The second-order valence-corrected chi connectivity index (χ2v) is 7.01. The lowest BCUT2D eigenvalue weighted by Gasteiger charge is -2.30. The van der Waals surface area contributed by atoms with Gasteiger partial charge in [-0.25, -0.2) is 8.78 Å². The van der Waals surface area contributed by atoms with Crippen LogP contribution in [0.25, 0.3) is 0 Å². The van der Waals surface area contributed by atoms with E-state index in [1.807, 2.05) is 54.2 Å². The normalized spacial score (nSPS) is 18.3. The smallest absolute Gasteiger partial charge is 0.225 e. The second kappa shape index (κ2) is 7.96. The molecule has 2 atom stereocenters. The zero-order valence-electron chi connectivity index (χ0n) is 15.2. The molecule has 1 fully saturated rings. The number of amides is 1. The van der Waals surface area contributed by atoms with Crippen molar-refractivity contribution in [3.8, 4) is 0 Å². The number of carbonyl (C=O) groups is 1. The molecule has 2 aromatic carbocycles. The van der Waals surface area contributed by atoms with Crippen LogP contribution in [0.15, 0.2) is 48.5 Å². The van der Waals surface area contributed by atoms with Crippen LogP contribution in [0.2, 0.25) is 0 Å². The molecule has 1 aliphatic rings. The molecule has 1 saturated heterocycles. The number of carbonyl (C=O) groups excluding carboxylic acids is 1. The lowest BCUT2D eigenvalue weighted by molar-refractivity contribution is -0.133. The molecule has 1 heterocycles. The maximum absolute atomic E-state index is 13.6. The van der Waals surface area contributed by atoms with E-state index in [1.54, 1.807) is 6.07 Å². The fraction of sp³-hybridized carbons (Fsp3) is 0.381. The average molecular weight is 358 g/mol. The molecule has 0 aromatic heterocycles. The Morgan fingerprint density at radius 2 is 1.88 bits per heavy atom. The summed E-state index contributed by atoms with van der Waals surface area (Å²) in [7, 11) is 3.92. The first kappa shape index (κ1) is 18.5. The van der Waals surface area contributed by atoms with Crippen molar-refractivity contribution in [3.63, 3.8) is 0 Å². The van der Waals surface area contributed by atoms with Crippen molar-refractivity contribution in [2.75, 3.05) is 20.6 Å². The van der Waals surface area contributed by atoms with Crippen molar-refractivity contribution >= 4 is 5.91 Å². The van der Waals surface area contributed by atoms with Gasteiger partial charge in [-0.3, -0.25) is 4.79 Å².